The monoisotopic (exact) mass is 180 g/mol. The van der Waals surface area contributed by atoms with Gasteiger partial charge in [-0.1, -0.05) is 48.6 Å². The van der Waals surface area contributed by atoms with Gasteiger partial charge in [0.15, 0.2) is 0 Å². The number of fused-ring (bicyclic) bond motifs is 3. The Hall–Kier alpha value is -1.56. The number of rotatable bonds is 0. The molecule has 2 aliphatic rings. The van der Waals surface area contributed by atoms with Crippen LogP contribution in [0.3, 0.4) is 0 Å². The van der Waals surface area contributed by atoms with Crippen molar-refractivity contribution in [1.29, 1.82) is 0 Å². The molecule has 0 heteroatoms. The van der Waals surface area contributed by atoms with Crippen LogP contribution in [0.5, 0.6) is 0 Å². The van der Waals surface area contributed by atoms with E-state index in [1.807, 2.05) is 0 Å². The van der Waals surface area contributed by atoms with Crippen LogP contribution in [0.1, 0.15) is 24.0 Å². The lowest BCUT2D eigenvalue weighted by molar-refractivity contribution is 1.05. The average Bonchev–Trinajstić information content (AvgIpc) is 2.55. The quantitative estimate of drug-likeness (QED) is 0.571. The second-order valence-corrected chi connectivity index (χ2v) is 3.89. The molecule has 0 N–H and O–H groups in total. The molecular weight excluding hydrogens is 168 g/mol. The standard InChI is InChI=1S/C14H12/c1-10-11-6-2-4-8-13(11)14-9-5-3-7-12(10)14/h2-9,13H,1H3. The molecular formula is C14H12. The summed E-state index contributed by atoms with van der Waals surface area (Å²) >= 11 is 0. The molecule has 1 atom stereocenters. The third-order valence-electron chi connectivity index (χ3n) is 3.16. The van der Waals surface area contributed by atoms with Crippen molar-refractivity contribution in [2.45, 2.75) is 12.8 Å². The van der Waals surface area contributed by atoms with Crippen LogP contribution < -0.4 is 0 Å². The van der Waals surface area contributed by atoms with Crippen molar-refractivity contribution in [3.8, 4) is 0 Å². The van der Waals surface area contributed by atoms with Gasteiger partial charge in [0.1, 0.15) is 0 Å². The molecule has 0 fully saturated rings. The summed E-state index contributed by atoms with van der Waals surface area (Å²) in [6.45, 7) is 2.22. The summed E-state index contributed by atoms with van der Waals surface area (Å²) in [6, 6.07) is 8.70. The normalized spacial score (nSPS) is 22.5. The largest absolute Gasteiger partial charge is 0.0726 e. The fourth-order valence-corrected chi connectivity index (χ4v) is 2.44. The minimum absolute atomic E-state index is 0.510. The maximum Gasteiger partial charge on any atom is 0.0281 e. The lowest BCUT2D eigenvalue weighted by Crippen LogP contribution is -1.95. The van der Waals surface area contributed by atoms with Crippen molar-refractivity contribution < 1.29 is 0 Å². The van der Waals surface area contributed by atoms with Gasteiger partial charge in [0.25, 0.3) is 0 Å². The van der Waals surface area contributed by atoms with Gasteiger partial charge in [-0.25, -0.2) is 0 Å². The molecule has 0 amide bonds. The summed E-state index contributed by atoms with van der Waals surface area (Å²) in [7, 11) is 0. The van der Waals surface area contributed by atoms with Crippen LogP contribution in [0.2, 0.25) is 0 Å². The zero-order chi connectivity index (χ0) is 9.54. The summed E-state index contributed by atoms with van der Waals surface area (Å²) in [5.41, 5.74) is 5.78. The lowest BCUT2D eigenvalue weighted by atomic mass is 9.92. The van der Waals surface area contributed by atoms with Gasteiger partial charge in [-0.05, 0) is 29.2 Å². The summed E-state index contributed by atoms with van der Waals surface area (Å²) < 4.78 is 0. The maximum absolute atomic E-state index is 2.28. The Morgan fingerprint density at radius 2 is 1.93 bits per heavy atom. The van der Waals surface area contributed by atoms with E-state index in [9.17, 15) is 0 Å². The SMILES string of the molecule is CC1=C2C=CC=CC2c2ccccc21. The average molecular weight is 180 g/mol. The lowest BCUT2D eigenvalue weighted by Gasteiger charge is -2.11. The number of hydrogen-bond donors (Lipinski definition) is 0. The first-order chi connectivity index (χ1) is 6.88. The van der Waals surface area contributed by atoms with Gasteiger partial charge in [0.05, 0.1) is 0 Å². The molecule has 0 radical (unpaired) electrons. The second kappa shape index (κ2) is 2.71. The fourth-order valence-electron chi connectivity index (χ4n) is 2.44. The smallest absolute Gasteiger partial charge is 0.0281 e. The first-order valence-corrected chi connectivity index (χ1v) is 5.03. The first kappa shape index (κ1) is 7.81. The van der Waals surface area contributed by atoms with Crippen LogP contribution >= 0.6 is 0 Å². The highest BCUT2D eigenvalue weighted by atomic mass is 14.3. The molecule has 0 saturated carbocycles. The number of benzene rings is 1. The van der Waals surface area contributed by atoms with E-state index in [0.29, 0.717) is 5.92 Å². The summed E-state index contributed by atoms with van der Waals surface area (Å²) in [4.78, 5) is 0. The van der Waals surface area contributed by atoms with Crippen molar-refractivity contribution in [2.75, 3.05) is 0 Å². The van der Waals surface area contributed by atoms with E-state index >= 15 is 0 Å². The number of hydrogen-bond acceptors (Lipinski definition) is 0. The Morgan fingerprint density at radius 1 is 1.07 bits per heavy atom. The predicted molar refractivity (Wildman–Crippen MR) is 60.1 cm³/mol. The van der Waals surface area contributed by atoms with Gasteiger partial charge in [-0.3, -0.25) is 0 Å². The van der Waals surface area contributed by atoms with Gasteiger partial charge in [0, 0.05) is 5.92 Å². The molecule has 0 saturated heterocycles. The Bertz CT molecular complexity index is 473. The molecule has 3 rings (SSSR count). The molecule has 0 aliphatic heterocycles. The third-order valence-corrected chi connectivity index (χ3v) is 3.16. The van der Waals surface area contributed by atoms with Crippen molar-refractivity contribution in [2.24, 2.45) is 0 Å². The third kappa shape index (κ3) is 0.884. The molecule has 0 bridgehead atoms. The van der Waals surface area contributed by atoms with E-state index in [0.717, 1.165) is 0 Å². The topological polar surface area (TPSA) is 0 Å². The summed E-state index contributed by atoms with van der Waals surface area (Å²) in [5.74, 6) is 0.510. The van der Waals surface area contributed by atoms with Crippen LogP contribution in [-0.2, 0) is 0 Å². The minimum Gasteiger partial charge on any atom is -0.0726 e. The van der Waals surface area contributed by atoms with E-state index in [-0.39, 0.29) is 0 Å². The Labute approximate surface area is 84.3 Å². The van der Waals surface area contributed by atoms with Gasteiger partial charge in [-0.15, -0.1) is 0 Å². The zero-order valence-corrected chi connectivity index (χ0v) is 8.20. The van der Waals surface area contributed by atoms with Crippen LogP contribution in [-0.4, -0.2) is 0 Å². The van der Waals surface area contributed by atoms with E-state index in [4.69, 9.17) is 0 Å². The molecule has 2 aliphatic carbocycles. The molecule has 68 valence electrons. The zero-order valence-electron chi connectivity index (χ0n) is 8.20. The Morgan fingerprint density at radius 3 is 2.86 bits per heavy atom. The molecule has 14 heavy (non-hydrogen) atoms. The van der Waals surface area contributed by atoms with E-state index < -0.39 is 0 Å². The van der Waals surface area contributed by atoms with Gasteiger partial charge in [-0.2, -0.15) is 0 Å². The molecule has 0 spiro atoms. The minimum atomic E-state index is 0.510. The second-order valence-electron chi connectivity index (χ2n) is 3.89. The van der Waals surface area contributed by atoms with Gasteiger partial charge < -0.3 is 0 Å². The van der Waals surface area contributed by atoms with E-state index in [2.05, 4.69) is 55.5 Å². The summed E-state index contributed by atoms with van der Waals surface area (Å²) in [6.07, 6.45) is 8.79. The van der Waals surface area contributed by atoms with Crippen molar-refractivity contribution in [1.82, 2.24) is 0 Å². The van der Waals surface area contributed by atoms with Crippen LogP contribution in [0, 0.1) is 0 Å². The van der Waals surface area contributed by atoms with Crippen molar-refractivity contribution >= 4 is 5.57 Å². The molecule has 1 aromatic carbocycles. The molecule has 0 aromatic heterocycles. The van der Waals surface area contributed by atoms with Gasteiger partial charge >= 0.3 is 0 Å². The molecule has 0 heterocycles. The van der Waals surface area contributed by atoms with Crippen LogP contribution in [0.25, 0.3) is 5.57 Å². The molecule has 1 unspecified atom stereocenters. The van der Waals surface area contributed by atoms with E-state index in [1.165, 1.54) is 22.3 Å². The fraction of sp³-hybridized carbons (Fsp3) is 0.143. The highest BCUT2D eigenvalue weighted by Gasteiger charge is 2.25. The first-order valence-electron chi connectivity index (χ1n) is 5.03. The van der Waals surface area contributed by atoms with Crippen molar-refractivity contribution in [3.63, 3.8) is 0 Å². The Balaban J connectivity index is 2.28. The van der Waals surface area contributed by atoms with Gasteiger partial charge in [0.2, 0.25) is 0 Å². The Kier molecular flexibility index (Phi) is 1.51. The number of allylic oxidation sites excluding steroid dienone is 6. The summed E-state index contributed by atoms with van der Waals surface area (Å²) in [5, 5.41) is 0. The van der Waals surface area contributed by atoms with E-state index in [1.54, 1.807) is 0 Å². The molecule has 0 nitrogen and oxygen atoms in total. The maximum atomic E-state index is 2.28. The highest BCUT2D eigenvalue weighted by molar-refractivity contribution is 5.80. The highest BCUT2D eigenvalue weighted by Crippen LogP contribution is 2.44. The molecule has 1 aromatic rings. The predicted octanol–water partition coefficient (Wildman–Crippen LogP) is 3.68. The van der Waals surface area contributed by atoms with Crippen LogP contribution in [0.15, 0.2) is 54.1 Å². The van der Waals surface area contributed by atoms with Crippen molar-refractivity contribution in [3.05, 3.63) is 65.3 Å². The van der Waals surface area contributed by atoms with Crippen LogP contribution in [0.4, 0.5) is 0 Å².